The molecule has 0 bridgehead atoms. The summed E-state index contributed by atoms with van der Waals surface area (Å²) in [6.45, 7) is 10.0. The number of nitrogens with one attached hydrogen (secondary N) is 2. The average Bonchev–Trinajstić information content (AvgIpc) is 2.95. The molecule has 0 saturated heterocycles. The van der Waals surface area contributed by atoms with Crippen molar-refractivity contribution >= 4 is 26.2 Å². The monoisotopic (exact) mass is 381 g/mol. The van der Waals surface area contributed by atoms with Gasteiger partial charge in [-0.2, -0.15) is 0 Å². The van der Waals surface area contributed by atoms with Crippen LogP contribution in [0, 0.1) is 0 Å². The Bertz CT molecular complexity index is 570. The van der Waals surface area contributed by atoms with Crippen molar-refractivity contribution in [2.45, 2.75) is 46.3 Å². The predicted molar refractivity (Wildman–Crippen MR) is 105 cm³/mol. The van der Waals surface area contributed by atoms with Gasteiger partial charge in [0.15, 0.2) is 0 Å². The van der Waals surface area contributed by atoms with Crippen LogP contribution < -0.4 is 15.5 Å². The van der Waals surface area contributed by atoms with Crippen LogP contribution in [0.3, 0.4) is 0 Å². The maximum absolute atomic E-state index is 12.6. The Morgan fingerprint density at radius 1 is 1.15 bits per heavy atom. The Hall–Kier alpha value is -1.61. The fraction of sp³-hybridized carbons (Fsp3) is 0.611. The van der Waals surface area contributed by atoms with E-state index >= 15 is 0 Å². The Morgan fingerprint density at radius 3 is 2.38 bits per heavy atom. The predicted octanol–water partition coefficient (Wildman–Crippen LogP) is 3.41. The molecule has 1 aliphatic heterocycles. The zero-order valence-electron chi connectivity index (χ0n) is 16.2. The standard InChI is InChI=1S/C18H31N3O4Si/c1-5-23-26(24-6-2,25-7-3)14-10-13-19-18(22)21-15(4)20-16-11-8-9-12-17(16)21/h8-9,11-12,15,20H,5-7,10,13-14H2,1-4H3,(H,19,22). The molecule has 7 nitrogen and oxygen atoms in total. The first-order valence-electron chi connectivity index (χ1n) is 9.41. The number of carbonyl (C=O) groups excluding carboxylic acids is 1. The lowest BCUT2D eigenvalue weighted by Gasteiger charge is -2.28. The summed E-state index contributed by atoms with van der Waals surface area (Å²) in [7, 11) is -2.65. The molecular formula is C18H31N3O4Si. The summed E-state index contributed by atoms with van der Waals surface area (Å²) in [6, 6.07) is 8.40. The van der Waals surface area contributed by atoms with E-state index in [1.165, 1.54) is 0 Å². The van der Waals surface area contributed by atoms with Gasteiger partial charge >= 0.3 is 14.8 Å². The third kappa shape index (κ3) is 4.97. The van der Waals surface area contributed by atoms with E-state index in [4.69, 9.17) is 13.3 Å². The molecule has 1 unspecified atom stereocenters. The molecule has 1 aromatic rings. The van der Waals surface area contributed by atoms with Crippen molar-refractivity contribution in [2.75, 3.05) is 36.6 Å². The molecule has 0 spiro atoms. The van der Waals surface area contributed by atoms with Gasteiger partial charge in [-0.15, -0.1) is 0 Å². The highest BCUT2D eigenvalue weighted by Crippen LogP contribution is 2.33. The molecule has 146 valence electrons. The fourth-order valence-electron chi connectivity index (χ4n) is 3.18. The average molecular weight is 382 g/mol. The number of amides is 2. The highest BCUT2D eigenvalue weighted by atomic mass is 28.4. The van der Waals surface area contributed by atoms with Gasteiger partial charge in [-0.05, 0) is 46.2 Å². The summed E-state index contributed by atoms with van der Waals surface area (Å²) in [5, 5.41) is 6.30. The van der Waals surface area contributed by atoms with Gasteiger partial charge in [-0.25, -0.2) is 4.79 Å². The van der Waals surface area contributed by atoms with Crippen LogP contribution in [0.2, 0.25) is 6.04 Å². The summed E-state index contributed by atoms with van der Waals surface area (Å²) in [6.07, 6.45) is 0.672. The molecule has 0 saturated carbocycles. The van der Waals surface area contributed by atoms with Crippen LogP contribution in [0.25, 0.3) is 0 Å². The lowest BCUT2D eigenvalue weighted by atomic mass is 10.3. The van der Waals surface area contributed by atoms with E-state index in [1.807, 2.05) is 52.0 Å². The van der Waals surface area contributed by atoms with Gasteiger partial charge in [0.05, 0.1) is 11.4 Å². The third-order valence-electron chi connectivity index (χ3n) is 4.16. The number of carbonyl (C=O) groups is 1. The first-order chi connectivity index (χ1) is 12.6. The van der Waals surface area contributed by atoms with Crippen LogP contribution >= 0.6 is 0 Å². The molecule has 1 heterocycles. The molecule has 2 amide bonds. The van der Waals surface area contributed by atoms with Crippen molar-refractivity contribution in [3.05, 3.63) is 24.3 Å². The van der Waals surface area contributed by atoms with Crippen LogP contribution in [-0.4, -0.2) is 47.4 Å². The van der Waals surface area contributed by atoms with Crippen LogP contribution in [-0.2, 0) is 13.3 Å². The summed E-state index contributed by atoms with van der Waals surface area (Å²) in [5.41, 5.74) is 1.88. The molecule has 8 heteroatoms. The SMILES string of the molecule is CCO[Si](CCCNC(=O)N1c2ccccc2NC1C)(OCC)OCC. The molecule has 0 aliphatic carbocycles. The molecule has 1 aliphatic rings. The van der Waals surface area contributed by atoms with E-state index in [-0.39, 0.29) is 12.2 Å². The van der Waals surface area contributed by atoms with Gasteiger partial charge in [0.25, 0.3) is 0 Å². The number of hydrogen-bond donors (Lipinski definition) is 2. The van der Waals surface area contributed by atoms with Crippen molar-refractivity contribution in [3.63, 3.8) is 0 Å². The fourth-order valence-corrected chi connectivity index (χ4v) is 5.79. The maximum Gasteiger partial charge on any atom is 0.500 e. The lowest BCUT2D eigenvalue weighted by Crippen LogP contribution is -2.47. The highest BCUT2D eigenvalue weighted by Gasteiger charge is 2.39. The largest absolute Gasteiger partial charge is 0.500 e. The first-order valence-corrected chi connectivity index (χ1v) is 11.3. The van der Waals surface area contributed by atoms with E-state index < -0.39 is 8.80 Å². The van der Waals surface area contributed by atoms with Gasteiger partial charge in [-0.3, -0.25) is 4.90 Å². The first kappa shape index (κ1) is 20.7. The van der Waals surface area contributed by atoms with Gasteiger partial charge < -0.3 is 23.9 Å². The van der Waals surface area contributed by atoms with Crippen molar-refractivity contribution in [1.82, 2.24) is 5.32 Å². The summed E-state index contributed by atoms with van der Waals surface area (Å²) in [4.78, 5) is 14.4. The zero-order valence-corrected chi connectivity index (χ0v) is 17.2. The zero-order chi connectivity index (χ0) is 19.0. The molecule has 0 radical (unpaired) electrons. The van der Waals surface area contributed by atoms with Gasteiger partial charge in [0.1, 0.15) is 6.17 Å². The number of hydrogen-bond acceptors (Lipinski definition) is 5. The topological polar surface area (TPSA) is 72.1 Å². The number of urea groups is 1. The van der Waals surface area contributed by atoms with Crippen LogP contribution in [0.4, 0.5) is 16.2 Å². The molecular weight excluding hydrogens is 350 g/mol. The van der Waals surface area contributed by atoms with Gasteiger partial charge in [0, 0.05) is 32.4 Å². The van der Waals surface area contributed by atoms with Gasteiger partial charge in [0.2, 0.25) is 0 Å². The molecule has 2 N–H and O–H groups in total. The molecule has 2 rings (SSSR count). The van der Waals surface area contributed by atoms with Crippen LogP contribution in [0.5, 0.6) is 0 Å². The number of nitrogens with zero attached hydrogens (tertiary/aromatic N) is 1. The smallest absolute Gasteiger partial charge is 0.374 e. The second-order valence-corrected chi connectivity index (χ2v) is 8.76. The third-order valence-corrected chi connectivity index (χ3v) is 7.31. The van der Waals surface area contributed by atoms with E-state index in [2.05, 4.69) is 10.6 Å². The second kappa shape index (κ2) is 9.91. The number of benzene rings is 1. The van der Waals surface area contributed by atoms with Gasteiger partial charge in [-0.1, -0.05) is 12.1 Å². The number of anilines is 2. The van der Waals surface area contributed by atoms with E-state index in [0.29, 0.717) is 32.4 Å². The second-order valence-electron chi connectivity index (χ2n) is 6.02. The normalized spacial score (nSPS) is 16.3. The Kier molecular flexibility index (Phi) is 7.89. The minimum Gasteiger partial charge on any atom is -0.374 e. The summed E-state index contributed by atoms with van der Waals surface area (Å²) >= 11 is 0. The summed E-state index contributed by atoms with van der Waals surface area (Å²) in [5.74, 6) is 0. The van der Waals surface area contributed by atoms with Crippen molar-refractivity contribution < 1.29 is 18.1 Å². The minimum absolute atomic E-state index is 0.0730. The summed E-state index contributed by atoms with van der Waals surface area (Å²) < 4.78 is 17.5. The van der Waals surface area contributed by atoms with E-state index in [9.17, 15) is 4.79 Å². The van der Waals surface area contributed by atoms with Crippen LogP contribution in [0.1, 0.15) is 34.1 Å². The number of rotatable bonds is 10. The van der Waals surface area contributed by atoms with E-state index in [0.717, 1.165) is 17.8 Å². The molecule has 0 aromatic heterocycles. The van der Waals surface area contributed by atoms with Crippen molar-refractivity contribution in [2.24, 2.45) is 0 Å². The quantitative estimate of drug-likeness (QED) is 0.480. The van der Waals surface area contributed by atoms with Crippen LogP contribution in [0.15, 0.2) is 24.3 Å². The Labute approximate surface area is 157 Å². The molecule has 1 aromatic carbocycles. The lowest BCUT2D eigenvalue weighted by molar-refractivity contribution is 0.0708. The number of para-hydroxylation sites is 2. The Morgan fingerprint density at radius 2 is 1.77 bits per heavy atom. The molecule has 0 fully saturated rings. The number of fused-ring (bicyclic) bond motifs is 1. The minimum atomic E-state index is -2.65. The Balaban J connectivity index is 1.87. The molecule has 26 heavy (non-hydrogen) atoms. The molecule has 1 atom stereocenters. The highest BCUT2D eigenvalue weighted by molar-refractivity contribution is 6.60. The van der Waals surface area contributed by atoms with E-state index in [1.54, 1.807) is 4.90 Å². The maximum atomic E-state index is 12.6. The van der Waals surface area contributed by atoms with Crippen molar-refractivity contribution in [3.8, 4) is 0 Å². The van der Waals surface area contributed by atoms with Crippen molar-refractivity contribution in [1.29, 1.82) is 0 Å².